The van der Waals surface area contributed by atoms with Crippen molar-refractivity contribution in [3.05, 3.63) is 53.9 Å². The molecule has 1 aliphatic heterocycles. The highest BCUT2D eigenvalue weighted by Crippen LogP contribution is 2.23. The Labute approximate surface area is 155 Å². The molecule has 1 aromatic heterocycles. The zero-order valence-electron chi connectivity index (χ0n) is 15.7. The standard InChI is InChI=1S/C20H29N5O/c1-3-21-19(23-16-20(2)9-5-12-26-20)22-14-17-7-4-8-18(13-17)15-25-11-6-10-24-25/h4,6-8,10-11,13H,3,5,9,12,14-16H2,1-2H3,(H2,21,22,23). The normalized spacial score (nSPS) is 20.3. The molecule has 0 bridgehead atoms. The van der Waals surface area contributed by atoms with Gasteiger partial charge in [0.05, 0.1) is 18.7 Å². The first-order valence-corrected chi connectivity index (χ1v) is 9.38. The summed E-state index contributed by atoms with van der Waals surface area (Å²) in [6, 6.07) is 10.4. The van der Waals surface area contributed by atoms with Crippen LogP contribution in [0.25, 0.3) is 0 Å². The van der Waals surface area contributed by atoms with Gasteiger partial charge in [0.1, 0.15) is 0 Å². The average Bonchev–Trinajstić information content (AvgIpc) is 3.30. The van der Waals surface area contributed by atoms with Crippen molar-refractivity contribution in [2.45, 2.75) is 45.4 Å². The molecular formula is C20H29N5O. The van der Waals surface area contributed by atoms with Crippen molar-refractivity contribution in [2.75, 3.05) is 19.7 Å². The van der Waals surface area contributed by atoms with Crippen LogP contribution in [0.3, 0.4) is 0 Å². The van der Waals surface area contributed by atoms with E-state index in [1.54, 1.807) is 6.20 Å². The average molecular weight is 355 g/mol. The summed E-state index contributed by atoms with van der Waals surface area (Å²) in [4.78, 5) is 4.73. The minimum atomic E-state index is -0.0835. The molecule has 1 atom stereocenters. The lowest BCUT2D eigenvalue weighted by atomic mass is 10.0. The topological polar surface area (TPSA) is 63.5 Å². The van der Waals surface area contributed by atoms with E-state index < -0.39 is 0 Å². The number of nitrogens with one attached hydrogen (secondary N) is 2. The van der Waals surface area contributed by atoms with E-state index in [2.05, 4.69) is 53.8 Å². The summed E-state index contributed by atoms with van der Waals surface area (Å²) >= 11 is 0. The summed E-state index contributed by atoms with van der Waals surface area (Å²) < 4.78 is 7.77. The van der Waals surface area contributed by atoms with Crippen LogP contribution in [-0.2, 0) is 17.8 Å². The maximum absolute atomic E-state index is 5.84. The lowest BCUT2D eigenvalue weighted by Gasteiger charge is -2.24. The Balaban J connectivity index is 1.59. The van der Waals surface area contributed by atoms with E-state index in [1.807, 2.05) is 16.9 Å². The number of guanidine groups is 1. The van der Waals surface area contributed by atoms with Gasteiger partial charge >= 0.3 is 0 Å². The number of aromatic nitrogens is 2. The van der Waals surface area contributed by atoms with Crippen LogP contribution in [0, 0.1) is 0 Å². The molecule has 1 saturated heterocycles. The van der Waals surface area contributed by atoms with Crippen LogP contribution in [0.4, 0.5) is 0 Å². The van der Waals surface area contributed by atoms with Crippen molar-refractivity contribution < 1.29 is 4.74 Å². The molecule has 140 valence electrons. The molecule has 6 nitrogen and oxygen atoms in total. The van der Waals surface area contributed by atoms with Gasteiger partial charge in [-0.3, -0.25) is 4.68 Å². The van der Waals surface area contributed by atoms with Gasteiger partial charge in [-0.1, -0.05) is 24.3 Å². The number of rotatable bonds is 7. The van der Waals surface area contributed by atoms with Crippen molar-refractivity contribution in [1.29, 1.82) is 0 Å². The predicted octanol–water partition coefficient (Wildman–Crippen LogP) is 2.56. The second-order valence-electron chi connectivity index (χ2n) is 6.97. The molecule has 26 heavy (non-hydrogen) atoms. The molecule has 1 aromatic carbocycles. The fourth-order valence-corrected chi connectivity index (χ4v) is 3.17. The quantitative estimate of drug-likeness (QED) is 0.592. The third-order valence-electron chi connectivity index (χ3n) is 4.59. The minimum Gasteiger partial charge on any atom is -0.373 e. The van der Waals surface area contributed by atoms with Crippen LogP contribution in [0.15, 0.2) is 47.7 Å². The Morgan fingerprint density at radius 1 is 1.31 bits per heavy atom. The van der Waals surface area contributed by atoms with Crippen molar-refractivity contribution in [3.63, 3.8) is 0 Å². The van der Waals surface area contributed by atoms with Crippen LogP contribution < -0.4 is 10.6 Å². The van der Waals surface area contributed by atoms with Gasteiger partial charge in [0, 0.05) is 32.1 Å². The molecule has 1 unspecified atom stereocenters. The fraction of sp³-hybridized carbons (Fsp3) is 0.500. The van der Waals surface area contributed by atoms with E-state index in [1.165, 1.54) is 11.1 Å². The molecule has 0 amide bonds. The third kappa shape index (κ3) is 5.33. The highest BCUT2D eigenvalue weighted by molar-refractivity contribution is 5.79. The second-order valence-corrected chi connectivity index (χ2v) is 6.97. The molecule has 0 radical (unpaired) electrons. The molecule has 2 heterocycles. The number of aliphatic imine (C=N–C) groups is 1. The number of benzene rings is 1. The van der Waals surface area contributed by atoms with Gasteiger partial charge < -0.3 is 15.4 Å². The van der Waals surface area contributed by atoms with Gasteiger partial charge in [-0.15, -0.1) is 0 Å². The molecule has 0 saturated carbocycles. The maximum atomic E-state index is 5.84. The van der Waals surface area contributed by atoms with E-state index in [4.69, 9.17) is 9.73 Å². The van der Waals surface area contributed by atoms with Crippen LogP contribution >= 0.6 is 0 Å². The summed E-state index contributed by atoms with van der Waals surface area (Å²) in [6.07, 6.45) is 6.00. The Kier molecular flexibility index (Phi) is 6.28. The lowest BCUT2D eigenvalue weighted by Crippen LogP contribution is -2.45. The smallest absolute Gasteiger partial charge is 0.191 e. The Morgan fingerprint density at radius 3 is 2.92 bits per heavy atom. The molecular weight excluding hydrogens is 326 g/mol. The van der Waals surface area contributed by atoms with Crippen molar-refractivity contribution in [3.8, 4) is 0 Å². The first kappa shape index (κ1) is 18.5. The van der Waals surface area contributed by atoms with Crippen molar-refractivity contribution in [1.82, 2.24) is 20.4 Å². The SMILES string of the molecule is CCNC(=NCc1cccc(Cn2cccn2)c1)NCC1(C)CCCO1. The number of hydrogen-bond acceptors (Lipinski definition) is 3. The van der Waals surface area contributed by atoms with E-state index in [0.29, 0.717) is 6.54 Å². The molecule has 1 fully saturated rings. The maximum Gasteiger partial charge on any atom is 0.191 e. The molecule has 2 N–H and O–H groups in total. The van der Waals surface area contributed by atoms with Crippen molar-refractivity contribution in [2.24, 2.45) is 4.99 Å². The first-order chi connectivity index (χ1) is 12.7. The molecule has 0 aliphatic carbocycles. The lowest BCUT2D eigenvalue weighted by molar-refractivity contribution is 0.0243. The van der Waals surface area contributed by atoms with Crippen LogP contribution in [0.5, 0.6) is 0 Å². The Morgan fingerprint density at radius 2 is 2.19 bits per heavy atom. The summed E-state index contributed by atoms with van der Waals surface area (Å²) in [7, 11) is 0. The largest absolute Gasteiger partial charge is 0.373 e. The Hall–Kier alpha value is -2.34. The second kappa shape index (κ2) is 8.85. The highest BCUT2D eigenvalue weighted by atomic mass is 16.5. The van der Waals surface area contributed by atoms with Crippen molar-refractivity contribution >= 4 is 5.96 Å². The number of hydrogen-bond donors (Lipinski definition) is 2. The van der Waals surface area contributed by atoms with Gasteiger partial charge in [0.15, 0.2) is 5.96 Å². The fourth-order valence-electron chi connectivity index (χ4n) is 3.17. The van der Waals surface area contributed by atoms with E-state index in [0.717, 1.165) is 45.0 Å². The van der Waals surface area contributed by atoms with E-state index in [-0.39, 0.29) is 5.60 Å². The number of nitrogens with zero attached hydrogens (tertiary/aromatic N) is 3. The van der Waals surface area contributed by atoms with E-state index >= 15 is 0 Å². The summed E-state index contributed by atoms with van der Waals surface area (Å²) in [5.74, 6) is 0.835. The molecule has 1 aliphatic rings. The Bertz CT molecular complexity index is 705. The molecule has 3 rings (SSSR count). The third-order valence-corrected chi connectivity index (χ3v) is 4.59. The van der Waals surface area contributed by atoms with Gasteiger partial charge in [0.25, 0.3) is 0 Å². The minimum absolute atomic E-state index is 0.0835. The predicted molar refractivity (Wildman–Crippen MR) is 104 cm³/mol. The van der Waals surface area contributed by atoms with Gasteiger partial charge in [-0.05, 0) is 43.9 Å². The van der Waals surface area contributed by atoms with Crippen LogP contribution in [0.1, 0.15) is 37.8 Å². The monoisotopic (exact) mass is 355 g/mol. The molecule has 0 spiro atoms. The van der Waals surface area contributed by atoms with Gasteiger partial charge in [-0.25, -0.2) is 4.99 Å². The molecule has 2 aromatic rings. The molecule has 6 heteroatoms. The number of ether oxygens (including phenoxy) is 1. The van der Waals surface area contributed by atoms with Gasteiger partial charge in [0.2, 0.25) is 0 Å². The zero-order valence-corrected chi connectivity index (χ0v) is 15.7. The highest BCUT2D eigenvalue weighted by Gasteiger charge is 2.29. The summed E-state index contributed by atoms with van der Waals surface area (Å²) in [6.45, 7) is 8.12. The summed E-state index contributed by atoms with van der Waals surface area (Å²) in [5.41, 5.74) is 2.33. The van der Waals surface area contributed by atoms with Crippen LogP contribution in [-0.4, -0.2) is 41.0 Å². The van der Waals surface area contributed by atoms with E-state index in [9.17, 15) is 0 Å². The zero-order chi connectivity index (χ0) is 18.2. The van der Waals surface area contributed by atoms with Crippen LogP contribution in [0.2, 0.25) is 0 Å². The summed E-state index contributed by atoms with van der Waals surface area (Å²) in [5, 5.41) is 11.0. The first-order valence-electron chi connectivity index (χ1n) is 9.38. The van der Waals surface area contributed by atoms with Gasteiger partial charge in [-0.2, -0.15) is 5.10 Å².